The molecule has 0 bridgehead atoms. The molecule has 1 aromatic rings. The molecular formula is C28H55N2+. The number of hydrogen-bond donors (Lipinski definition) is 0. The molecule has 176 valence electrons. The van der Waals surface area contributed by atoms with Crippen LogP contribution in [-0.4, -0.2) is 4.57 Å². The van der Waals surface area contributed by atoms with Crippen LogP contribution in [0.3, 0.4) is 0 Å². The topological polar surface area (TPSA) is 8.81 Å². The van der Waals surface area contributed by atoms with Gasteiger partial charge in [0.05, 0.1) is 13.1 Å². The fourth-order valence-electron chi connectivity index (χ4n) is 4.54. The zero-order valence-corrected chi connectivity index (χ0v) is 21.1. The fraction of sp³-hybridized carbons (Fsp3) is 0.893. The van der Waals surface area contributed by atoms with Crippen LogP contribution >= 0.6 is 0 Å². The van der Waals surface area contributed by atoms with Crippen molar-refractivity contribution in [2.45, 2.75) is 162 Å². The SMILES string of the molecule is CCCCCCCCCCC[n+]1ccn(CCCCCCCCCC)c1CCCC. The van der Waals surface area contributed by atoms with E-state index in [1.165, 1.54) is 142 Å². The molecule has 1 heterocycles. The Labute approximate surface area is 189 Å². The Bertz CT molecular complexity index is 477. The van der Waals surface area contributed by atoms with E-state index in [1.54, 1.807) is 5.82 Å². The highest BCUT2D eigenvalue weighted by molar-refractivity contribution is 4.84. The fourth-order valence-corrected chi connectivity index (χ4v) is 4.54. The monoisotopic (exact) mass is 419 g/mol. The van der Waals surface area contributed by atoms with Crippen LogP contribution in [0.25, 0.3) is 0 Å². The molecule has 1 rings (SSSR count). The molecule has 0 aliphatic carbocycles. The van der Waals surface area contributed by atoms with E-state index in [1.807, 2.05) is 0 Å². The van der Waals surface area contributed by atoms with Gasteiger partial charge >= 0.3 is 0 Å². The van der Waals surface area contributed by atoms with Gasteiger partial charge in [0.15, 0.2) is 0 Å². The smallest absolute Gasteiger partial charge is 0.234 e. The van der Waals surface area contributed by atoms with Crippen LogP contribution in [0.15, 0.2) is 12.4 Å². The molecule has 30 heavy (non-hydrogen) atoms. The lowest BCUT2D eigenvalue weighted by Crippen LogP contribution is -2.37. The lowest BCUT2D eigenvalue weighted by molar-refractivity contribution is -0.704. The van der Waals surface area contributed by atoms with E-state index in [4.69, 9.17) is 0 Å². The first-order chi connectivity index (χ1) is 14.8. The van der Waals surface area contributed by atoms with Crippen molar-refractivity contribution in [3.63, 3.8) is 0 Å². The van der Waals surface area contributed by atoms with Crippen molar-refractivity contribution < 1.29 is 4.57 Å². The molecule has 0 saturated heterocycles. The third-order valence-corrected chi connectivity index (χ3v) is 6.60. The van der Waals surface area contributed by atoms with E-state index >= 15 is 0 Å². The summed E-state index contributed by atoms with van der Waals surface area (Å²) in [5.74, 6) is 1.58. The molecule has 0 unspecified atom stereocenters. The molecule has 0 radical (unpaired) electrons. The van der Waals surface area contributed by atoms with Gasteiger partial charge in [0.25, 0.3) is 5.82 Å². The van der Waals surface area contributed by atoms with E-state index in [-0.39, 0.29) is 0 Å². The molecule has 0 fully saturated rings. The summed E-state index contributed by atoms with van der Waals surface area (Å²) in [6.07, 6.45) is 32.6. The Kier molecular flexibility index (Phi) is 18.3. The largest absolute Gasteiger partial charge is 0.256 e. The number of unbranched alkanes of at least 4 members (excludes halogenated alkanes) is 16. The lowest BCUT2D eigenvalue weighted by Gasteiger charge is -2.06. The van der Waals surface area contributed by atoms with E-state index in [0.717, 1.165) is 0 Å². The summed E-state index contributed by atoms with van der Waals surface area (Å²) in [6.45, 7) is 9.36. The van der Waals surface area contributed by atoms with Gasteiger partial charge < -0.3 is 0 Å². The highest BCUT2D eigenvalue weighted by Crippen LogP contribution is 2.12. The molecule has 0 amide bonds. The standard InChI is InChI=1S/C28H55N2/c1-4-7-10-12-14-16-18-20-22-25-30-27-26-29(28(30)23-9-6-3)24-21-19-17-15-13-11-8-5-2/h26-27H,4-25H2,1-3H3/q+1. The van der Waals surface area contributed by atoms with Crippen LogP contribution in [-0.2, 0) is 19.5 Å². The second-order valence-electron chi connectivity index (χ2n) is 9.51. The molecule has 2 nitrogen and oxygen atoms in total. The highest BCUT2D eigenvalue weighted by atomic mass is 15.1. The van der Waals surface area contributed by atoms with Crippen LogP contribution < -0.4 is 4.57 Å². The quantitative estimate of drug-likeness (QED) is 0.131. The summed E-state index contributed by atoms with van der Waals surface area (Å²) in [7, 11) is 0. The van der Waals surface area contributed by atoms with E-state index in [9.17, 15) is 0 Å². The molecule has 0 saturated carbocycles. The first-order valence-electron chi connectivity index (χ1n) is 13.9. The minimum atomic E-state index is 1.22. The molecule has 1 aromatic heterocycles. The third-order valence-electron chi connectivity index (χ3n) is 6.60. The zero-order chi connectivity index (χ0) is 21.7. The van der Waals surface area contributed by atoms with Crippen LogP contribution in [0.4, 0.5) is 0 Å². The maximum Gasteiger partial charge on any atom is 0.256 e. The van der Waals surface area contributed by atoms with Gasteiger partial charge in [-0.15, -0.1) is 0 Å². The van der Waals surface area contributed by atoms with Gasteiger partial charge in [-0.25, -0.2) is 9.13 Å². The highest BCUT2D eigenvalue weighted by Gasteiger charge is 2.16. The minimum Gasteiger partial charge on any atom is -0.234 e. The average Bonchev–Trinajstić information content (AvgIpc) is 3.14. The van der Waals surface area contributed by atoms with Crippen LogP contribution in [0.5, 0.6) is 0 Å². The Balaban J connectivity index is 2.25. The molecular weight excluding hydrogens is 364 g/mol. The Morgan fingerprint density at radius 1 is 0.567 bits per heavy atom. The maximum absolute atomic E-state index is 2.57. The average molecular weight is 420 g/mol. The number of hydrogen-bond acceptors (Lipinski definition) is 0. The van der Waals surface area contributed by atoms with Crippen LogP contribution in [0.2, 0.25) is 0 Å². The van der Waals surface area contributed by atoms with Gasteiger partial charge in [-0.2, -0.15) is 0 Å². The predicted molar refractivity (Wildman–Crippen MR) is 133 cm³/mol. The minimum absolute atomic E-state index is 1.22. The van der Waals surface area contributed by atoms with Crippen molar-refractivity contribution in [2.75, 3.05) is 0 Å². The molecule has 0 atom stereocenters. The van der Waals surface area contributed by atoms with Crippen molar-refractivity contribution in [3.05, 3.63) is 18.2 Å². The Hall–Kier alpha value is -0.790. The number of imidazole rings is 1. The van der Waals surface area contributed by atoms with Gasteiger partial charge in [-0.1, -0.05) is 111 Å². The summed E-state index contributed by atoms with van der Waals surface area (Å²) in [6, 6.07) is 0. The second kappa shape index (κ2) is 20.1. The van der Waals surface area contributed by atoms with Gasteiger partial charge in [-0.05, 0) is 32.1 Å². The zero-order valence-electron chi connectivity index (χ0n) is 21.1. The van der Waals surface area contributed by atoms with E-state index in [2.05, 4.69) is 42.3 Å². The summed E-state index contributed by atoms with van der Waals surface area (Å²) in [5.41, 5.74) is 0. The first-order valence-corrected chi connectivity index (χ1v) is 13.9. The van der Waals surface area contributed by atoms with Crippen molar-refractivity contribution in [1.29, 1.82) is 0 Å². The molecule has 0 aliphatic rings. The van der Waals surface area contributed by atoms with Crippen molar-refractivity contribution in [1.82, 2.24) is 4.57 Å². The summed E-state index contributed by atoms with van der Waals surface area (Å²) in [4.78, 5) is 0. The van der Waals surface area contributed by atoms with Crippen LogP contribution in [0, 0.1) is 0 Å². The van der Waals surface area contributed by atoms with Crippen molar-refractivity contribution in [3.8, 4) is 0 Å². The number of nitrogens with zero attached hydrogens (tertiary/aromatic N) is 2. The van der Waals surface area contributed by atoms with Gasteiger partial charge in [0, 0.05) is 6.42 Å². The normalized spacial score (nSPS) is 11.4. The second-order valence-corrected chi connectivity index (χ2v) is 9.51. The number of aromatic nitrogens is 2. The van der Waals surface area contributed by atoms with Crippen LogP contribution in [0.1, 0.15) is 149 Å². The van der Waals surface area contributed by atoms with Crippen molar-refractivity contribution >= 4 is 0 Å². The molecule has 0 spiro atoms. The third kappa shape index (κ3) is 13.5. The molecule has 2 heteroatoms. The van der Waals surface area contributed by atoms with Gasteiger partial charge in [-0.3, -0.25) is 0 Å². The molecule has 0 N–H and O–H groups in total. The lowest BCUT2D eigenvalue weighted by atomic mass is 10.1. The Morgan fingerprint density at radius 3 is 1.57 bits per heavy atom. The van der Waals surface area contributed by atoms with Gasteiger partial charge in [0.2, 0.25) is 0 Å². The predicted octanol–water partition coefficient (Wildman–Crippen LogP) is 8.79. The van der Waals surface area contributed by atoms with E-state index in [0.29, 0.717) is 0 Å². The summed E-state index contributed by atoms with van der Waals surface area (Å²) < 4.78 is 5.14. The summed E-state index contributed by atoms with van der Waals surface area (Å²) in [5, 5.41) is 0. The molecule has 0 aliphatic heterocycles. The number of rotatable bonds is 22. The summed E-state index contributed by atoms with van der Waals surface area (Å²) >= 11 is 0. The van der Waals surface area contributed by atoms with Gasteiger partial charge in [0.1, 0.15) is 12.4 Å². The number of aryl methyl sites for hydroxylation is 2. The first kappa shape index (κ1) is 27.2. The van der Waals surface area contributed by atoms with E-state index < -0.39 is 0 Å². The molecule has 0 aromatic carbocycles. The Morgan fingerprint density at radius 2 is 1.03 bits per heavy atom. The van der Waals surface area contributed by atoms with Crippen molar-refractivity contribution in [2.24, 2.45) is 0 Å². The maximum atomic E-state index is 2.57.